The van der Waals surface area contributed by atoms with Crippen LogP contribution in [-0.2, 0) is 4.79 Å². The van der Waals surface area contributed by atoms with Crippen LogP contribution in [0.15, 0.2) is 60.5 Å². The lowest BCUT2D eigenvalue weighted by Crippen LogP contribution is -2.19. The van der Waals surface area contributed by atoms with Gasteiger partial charge in [-0.2, -0.15) is 0 Å². The monoisotopic (exact) mass is 505 g/mol. The van der Waals surface area contributed by atoms with E-state index in [1.165, 1.54) is 6.08 Å². The summed E-state index contributed by atoms with van der Waals surface area (Å²) in [5.41, 5.74) is 5.65. The third kappa shape index (κ3) is 5.77. The highest BCUT2D eigenvalue weighted by atomic mass is 19.1. The van der Waals surface area contributed by atoms with Gasteiger partial charge in [0.1, 0.15) is 23.4 Å². The molecule has 2 atom stereocenters. The number of carboxylic acid groups (broad SMARTS) is 1. The third-order valence-electron chi connectivity index (χ3n) is 6.95. The van der Waals surface area contributed by atoms with E-state index in [0.717, 1.165) is 34.2 Å². The quantitative estimate of drug-likeness (QED) is 0.500. The van der Waals surface area contributed by atoms with Crippen LogP contribution >= 0.6 is 0 Å². The number of allylic oxidation sites excluding steroid dienone is 3. The van der Waals surface area contributed by atoms with Crippen molar-refractivity contribution in [2.24, 2.45) is 0 Å². The molecule has 1 aliphatic carbocycles. The van der Waals surface area contributed by atoms with Crippen molar-refractivity contribution in [3.05, 3.63) is 88.3 Å². The summed E-state index contributed by atoms with van der Waals surface area (Å²) < 4.78 is 27.0. The van der Waals surface area contributed by atoms with Crippen LogP contribution in [0.1, 0.15) is 64.2 Å². The minimum Gasteiger partial charge on any atom is -0.492 e. The van der Waals surface area contributed by atoms with E-state index in [1.807, 2.05) is 32.0 Å². The molecule has 0 radical (unpaired) electrons. The lowest BCUT2D eigenvalue weighted by atomic mass is 9.90. The lowest BCUT2D eigenvalue weighted by molar-refractivity contribution is -0.137. The molecule has 194 valence electrons. The van der Waals surface area contributed by atoms with E-state index < -0.39 is 17.9 Å². The molecule has 0 spiro atoms. The van der Waals surface area contributed by atoms with Crippen molar-refractivity contribution < 1.29 is 28.6 Å². The van der Waals surface area contributed by atoms with E-state index in [2.05, 4.69) is 11.9 Å². The number of benzene rings is 2. The Bertz CT molecular complexity index is 1290. The second kappa shape index (κ2) is 11.0. The van der Waals surface area contributed by atoms with E-state index in [9.17, 15) is 9.59 Å². The Morgan fingerprint density at radius 1 is 1.19 bits per heavy atom. The topological polar surface area (TPSA) is 84.9 Å². The van der Waals surface area contributed by atoms with Crippen LogP contribution in [-0.4, -0.2) is 36.7 Å². The molecule has 0 bridgehead atoms. The maximum Gasteiger partial charge on any atom is 0.304 e. The number of aliphatic carboxylic acids is 1. The predicted octanol–water partition coefficient (Wildman–Crippen LogP) is 6.04. The summed E-state index contributed by atoms with van der Waals surface area (Å²) in [7, 11) is 1.60. The van der Waals surface area contributed by atoms with Crippen LogP contribution in [0.25, 0.3) is 5.57 Å². The Balaban J connectivity index is 1.52. The average molecular weight is 506 g/mol. The SMILES string of the molecule is C=C1/C(F)=C\C=C(\c2c(C)cc(C(=O)NC)cc2C)CCC[C@H]1Oc1ccc2c(c1)OC[C@H]2CC(=O)O. The van der Waals surface area contributed by atoms with Crippen LogP contribution < -0.4 is 14.8 Å². The van der Waals surface area contributed by atoms with Gasteiger partial charge in [0, 0.05) is 35.7 Å². The fourth-order valence-corrected chi connectivity index (χ4v) is 5.13. The predicted molar refractivity (Wildman–Crippen MR) is 141 cm³/mol. The fourth-order valence-electron chi connectivity index (χ4n) is 5.13. The second-order valence-electron chi connectivity index (χ2n) is 9.60. The molecular formula is C30H32FNO5. The third-order valence-corrected chi connectivity index (χ3v) is 6.95. The zero-order valence-electron chi connectivity index (χ0n) is 21.4. The summed E-state index contributed by atoms with van der Waals surface area (Å²) in [6.45, 7) is 8.21. The maximum atomic E-state index is 15.2. The van der Waals surface area contributed by atoms with Gasteiger partial charge in [-0.05, 0) is 79.6 Å². The van der Waals surface area contributed by atoms with Gasteiger partial charge in [0.2, 0.25) is 0 Å². The summed E-state index contributed by atoms with van der Waals surface area (Å²) in [6, 6.07) is 9.05. The number of nitrogens with one attached hydrogen (secondary N) is 1. The van der Waals surface area contributed by atoms with E-state index in [1.54, 1.807) is 25.3 Å². The number of carboxylic acids is 1. The van der Waals surface area contributed by atoms with E-state index in [4.69, 9.17) is 14.6 Å². The van der Waals surface area contributed by atoms with E-state index >= 15 is 4.39 Å². The zero-order valence-corrected chi connectivity index (χ0v) is 21.4. The van der Waals surface area contributed by atoms with Gasteiger partial charge in [-0.1, -0.05) is 18.7 Å². The molecule has 2 aromatic carbocycles. The van der Waals surface area contributed by atoms with E-state index in [-0.39, 0.29) is 23.8 Å². The normalized spacial score (nSPS) is 22.2. The van der Waals surface area contributed by atoms with Crippen molar-refractivity contribution in [3.8, 4) is 11.5 Å². The summed E-state index contributed by atoms with van der Waals surface area (Å²) in [6.07, 6.45) is 4.70. The van der Waals surface area contributed by atoms with Gasteiger partial charge >= 0.3 is 5.97 Å². The highest BCUT2D eigenvalue weighted by Gasteiger charge is 2.28. The molecule has 0 aromatic heterocycles. The molecule has 0 unspecified atom stereocenters. The van der Waals surface area contributed by atoms with Gasteiger partial charge < -0.3 is 19.9 Å². The van der Waals surface area contributed by atoms with Crippen LogP contribution in [0.4, 0.5) is 4.39 Å². The van der Waals surface area contributed by atoms with Crippen molar-refractivity contribution >= 4 is 17.4 Å². The molecule has 4 rings (SSSR count). The van der Waals surface area contributed by atoms with Gasteiger partial charge in [0.05, 0.1) is 13.0 Å². The molecular weight excluding hydrogens is 473 g/mol. The summed E-state index contributed by atoms with van der Waals surface area (Å²) in [4.78, 5) is 23.2. The number of hydrogen-bond acceptors (Lipinski definition) is 4. The standard InChI is InChI=1S/C30H32FNO5/c1-17-12-21(30(35)32-4)13-18(2)29(17)20-6-5-7-26(19(3)25(31)11-8-20)37-23-9-10-24-22(14-28(33)34)16-36-27(24)15-23/h8-13,15,22,26H,3,5-7,14,16H2,1-2,4H3,(H,32,35)(H,33,34)/b20-8+,25-11+/t22-,26-/m1/s1. The van der Waals surface area contributed by atoms with Gasteiger partial charge in [0.15, 0.2) is 0 Å². The molecule has 6 nitrogen and oxygen atoms in total. The maximum absolute atomic E-state index is 15.2. The highest BCUT2D eigenvalue weighted by molar-refractivity contribution is 5.95. The van der Waals surface area contributed by atoms with Crippen molar-refractivity contribution in [1.82, 2.24) is 5.32 Å². The Hall–Kier alpha value is -3.87. The van der Waals surface area contributed by atoms with Crippen molar-refractivity contribution in [2.45, 2.75) is 51.6 Å². The largest absolute Gasteiger partial charge is 0.492 e. The zero-order chi connectivity index (χ0) is 26.7. The first kappa shape index (κ1) is 26.2. The van der Waals surface area contributed by atoms with Crippen LogP contribution in [0.2, 0.25) is 0 Å². The molecule has 0 fully saturated rings. The molecule has 0 saturated heterocycles. The number of rotatable bonds is 6. The minimum atomic E-state index is -0.869. The summed E-state index contributed by atoms with van der Waals surface area (Å²) >= 11 is 0. The van der Waals surface area contributed by atoms with Gasteiger partial charge in [-0.25, -0.2) is 4.39 Å². The molecule has 1 amide bonds. The number of ether oxygens (including phenoxy) is 2. The molecule has 7 heteroatoms. The minimum absolute atomic E-state index is 0.00541. The van der Waals surface area contributed by atoms with E-state index in [0.29, 0.717) is 36.5 Å². The Morgan fingerprint density at radius 2 is 1.92 bits per heavy atom. The van der Waals surface area contributed by atoms with Crippen molar-refractivity contribution in [1.29, 1.82) is 0 Å². The number of fused-ring (bicyclic) bond motifs is 1. The van der Waals surface area contributed by atoms with Gasteiger partial charge in [-0.3, -0.25) is 9.59 Å². The number of carbonyl (C=O) groups is 2. The smallest absolute Gasteiger partial charge is 0.304 e. The second-order valence-corrected chi connectivity index (χ2v) is 9.60. The number of hydrogen-bond donors (Lipinski definition) is 2. The first-order valence-electron chi connectivity index (χ1n) is 12.4. The number of amides is 1. The van der Waals surface area contributed by atoms with Crippen molar-refractivity contribution in [2.75, 3.05) is 13.7 Å². The average Bonchev–Trinajstić information content (AvgIpc) is 3.27. The molecule has 1 aliphatic heterocycles. The number of carbonyl (C=O) groups excluding carboxylic acids is 1. The molecule has 2 aromatic rings. The molecule has 1 heterocycles. The summed E-state index contributed by atoms with van der Waals surface area (Å²) in [5, 5.41) is 11.8. The Morgan fingerprint density at radius 3 is 2.59 bits per heavy atom. The fraction of sp³-hybridized carbons (Fsp3) is 0.333. The first-order chi connectivity index (χ1) is 17.7. The van der Waals surface area contributed by atoms with Gasteiger partial charge in [-0.15, -0.1) is 0 Å². The lowest BCUT2D eigenvalue weighted by Gasteiger charge is -2.21. The molecule has 2 N–H and O–H groups in total. The van der Waals surface area contributed by atoms with Crippen molar-refractivity contribution in [3.63, 3.8) is 0 Å². The Labute approximate surface area is 216 Å². The molecule has 37 heavy (non-hydrogen) atoms. The van der Waals surface area contributed by atoms with Crippen LogP contribution in [0, 0.1) is 13.8 Å². The molecule has 0 saturated carbocycles. The first-order valence-corrected chi connectivity index (χ1v) is 12.4. The van der Waals surface area contributed by atoms with Crippen LogP contribution in [0.5, 0.6) is 11.5 Å². The molecule has 2 aliphatic rings. The number of halogens is 1. The highest BCUT2D eigenvalue weighted by Crippen LogP contribution is 2.39. The van der Waals surface area contributed by atoms with Gasteiger partial charge in [0.25, 0.3) is 5.91 Å². The van der Waals surface area contributed by atoms with Crippen LogP contribution in [0.3, 0.4) is 0 Å². The Kier molecular flexibility index (Phi) is 7.81. The number of aryl methyl sites for hydroxylation is 2. The summed E-state index contributed by atoms with van der Waals surface area (Å²) in [5.74, 6) is -0.519.